The zero-order valence-electron chi connectivity index (χ0n) is 13.6. The third-order valence-corrected chi connectivity index (χ3v) is 4.15. The van der Waals surface area contributed by atoms with Gasteiger partial charge in [0.15, 0.2) is 0 Å². The van der Waals surface area contributed by atoms with Gasteiger partial charge in [0, 0.05) is 23.7 Å². The van der Waals surface area contributed by atoms with Crippen LogP contribution in [0.1, 0.15) is 18.4 Å². The van der Waals surface area contributed by atoms with Crippen LogP contribution in [-0.4, -0.2) is 21.0 Å². The number of benzene rings is 2. The number of unbranched alkanes of at least 4 members (excludes halogenated alkanes) is 1. The van der Waals surface area contributed by atoms with E-state index < -0.39 is 0 Å². The average molecular weight is 324 g/mol. The molecule has 0 aliphatic rings. The Bertz CT molecular complexity index is 886. The lowest BCUT2D eigenvalue weighted by atomic mass is 10.1. The second-order valence-corrected chi connectivity index (χ2v) is 5.83. The van der Waals surface area contributed by atoms with Gasteiger partial charge in [0.25, 0.3) is 5.69 Å². The first-order chi connectivity index (χ1) is 11.6. The molecular formula is C18H20N4O2. The fraction of sp³-hybridized carbons (Fsp3) is 0.278. The third-order valence-electron chi connectivity index (χ3n) is 4.15. The minimum Gasteiger partial charge on any atom is -0.330 e. The third kappa shape index (κ3) is 3.00. The molecule has 0 spiro atoms. The van der Waals surface area contributed by atoms with Gasteiger partial charge in [0.2, 0.25) is 0 Å². The number of rotatable bonds is 6. The molecule has 0 atom stereocenters. The SMILES string of the molecule is Cc1ccc(-c2nc3ccccc3n2CCCCN)cc1[N+](=O)[O-]. The number of nitro groups is 1. The van der Waals surface area contributed by atoms with E-state index in [0.717, 1.165) is 41.8 Å². The molecule has 6 heteroatoms. The Kier molecular flexibility index (Phi) is 4.57. The topological polar surface area (TPSA) is 87.0 Å². The Balaban J connectivity index is 2.13. The van der Waals surface area contributed by atoms with E-state index in [9.17, 15) is 10.1 Å². The van der Waals surface area contributed by atoms with Crippen LogP contribution < -0.4 is 5.73 Å². The second-order valence-electron chi connectivity index (χ2n) is 5.83. The zero-order valence-corrected chi connectivity index (χ0v) is 13.6. The molecule has 0 amide bonds. The number of para-hydroxylation sites is 2. The summed E-state index contributed by atoms with van der Waals surface area (Å²) >= 11 is 0. The minimum atomic E-state index is -0.347. The van der Waals surface area contributed by atoms with E-state index in [2.05, 4.69) is 4.57 Å². The molecule has 0 radical (unpaired) electrons. The van der Waals surface area contributed by atoms with Crippen molar-refractivity contribution in [1.29, 1.82) is 0 Å². The van der Waals surface area contributed by atoms with Gasteiger partial charge in [0.1, 0.15) is 5.82 Å². The Morgan fingerprint density at radius 2 is 2.00 bits per heavy atom. The van der Waals surface area contributed by atoms with Gasteiger partial charge in [-0.3, -0.25) is 10.1 Å². The van der Waals surface area contributed by atoms with Gasteiger partial charge in [0.05, 0.1) is 16.0 Å². The molecule has 0 bridgehead atoms. The molecule has 0 saturated carbocycles. The van der Waals surface area contributed by atoms with Crippen molar-refractivity contribution < 1.29 is 4.92 Å². The summed E-state index contributed by atoms with van der Waals surface area (Å²) in [6.07, 6.45) is 1.87. The van der Waals surface area contributed by atoms with Crippen LogP contribution in [0.4, 0.5) is 5.69 Å². The molecule has 0 saturated heterocycles. The second kappa shape index (κ2) is 6.80. The van der Waals surface area contributed by atoms with Gasteiger partial charge in [-0.15, -0.1) is 0 Å². The quantitative estimate of drug-likeness (QED) is 0.426. The summed E-state index contributed by atoms with van der Waals surface area (Å²) < 4.78 is 2.12. The largest absolute Gasteiger partial charge is 0.330 e. The molecule has 0 aliphatic heterocycles. The molecular weight excluding hydrogens is 304 g/mol. The van der Waals surface area contributed by atoms with Gasteiger partial charge in [-0.25, -0.2) is 4.98 Å². The first-order valence-corrected chi connectivity index (χ1v) is 8.02. The van der Waals surface area contributed by atoms with Crippen LogP contribution in [0.5, 0.6) is 0 Å². The van der Waals surface area contributed by atoms with Crippen molar-refractivity contribution in [2.45, 2.75) is 26.3 Å². The fourth-order valence-corrected chi connectivity index (χ4v) is 2.88. The molecule has 0 aliphatic carbocycles. The van der Waals surface area contributed by atoms with Crippen molar-refractivity contribution in [2.24, 2.45) is 5.73 Å². The number of nitrogens with two attached hydrogens (primary N) is 1. The molecule has 1 aromatic heterocycles. The van der Waals surface area contributed by atoms with Crippen molar-refractivity contribution >= 4 is 16.7 Å². The van der Waals surface area contributed by atoms with Crippen molar-refractivity contribution in [1.82, 2.24) is 9.55 Å². The van der Waals surface area contributed by atoms with Gasteiger partial charge in [-0.2, -0.15) is 0 Å². The van der Waals surface area contributed by atoms with E-state index in [1.165, 1.54) is 0 Å². The Hall–Kier alpha value is -2.73. The summed E-state index contributed by atoms with van der Waals surface area (Å²) in [4.78, 5) is 15.6. The van der Waals surface area contributed by atoms with E-state index in [1.54, 1.807) is 19.1 Å². The highest BCUT2D eigenvalue weighted by atomic mass is 16.6. The molecule has 6 nitrogen and oxygen atoms in total. The maximum atomic E-state index is 11.2. The lowest BCUT2D eigenvalue weighted by molar-refractivity contribution is -0.385. The summed E-state index contributed by atoms with van der Waals surface area (Å²) in [5, 5.41) is 11.2. The molecule has 124 valence electrons. The summed E-state index contributed by atoms with van der Waals surface area (Å²) in [5.74, 6) is 0.760. The summed E-state index contributed by atoms with van der Waals surface area (Å²) in [6, 6.07) is 13.2. The molecule has 2 aromatic carbocycles. The predicted octanol–water partition coefficient (Wildman–Crippen LogP) is 3.66. The molecule has 0 unspecified atom stereocenters. The van der Waals surface area contributed by atoms with E-state index in [4.69, 9.17) is 10.7 Å². The number of hydrogen-bond acceptors (Lipinski definition) is 4. The first kappa shape index (κ1) is 16.1. The Morgan fingerprint density at radius 3 is 2.75 bits per heavy atom. The zero-order chi connectivity index (χ0) is 17.1. The van der Waals surface area contributed by atoms with Gasteiger partial charge < -0.3 is 10.3 Å². The number of nitro benzene ring substituents is 1. The number of aromatic nitrogens is 2. The average Bonchev–Trinajstić information content (AvgIpc) is 2.94. The standard InChI is InChI=1S/C18H20N4O2/c1-13-8-9-14(12-17(13)22(23)24)18-20-15-6-2-3-7-16(15)21(18)11-5-4-10-19/h2-3,6-9,12H,4-5,10-11,19H2,1H3. The van der Waals surface area contributed by atoms with E-state index in [0.29, 0.717) is 12.1 Å². The number of fused-ring (bicyclic) bond motifs is 1. The smallest absolute Gasteiger partial charge is 0.273 e. The van der Waals surface area contributed by atoms with Crippen LogP contribution >= 0.6 is 0 Å². The Morgan fingerprint density at radius 1 is 1.21 bits per heavy atom. The van der Waals surface area contributed by atoms with Crippen LogP contribution in [0.15, 0.2) is 42.5 Å². The molecule has 1 heterocycles. The molecule has 3 rings (SSSR count). The number of imidazole rings is 1. The highest BCUT2D eigenvalue weighted by Gasteiger charge is 2.17. The first-order valence-electron chi connectivity index (χ1n) is 8.02. The normalized spacial score (nSPS) is 11.1. The van der Waals surface area contributed by atoms with Crippen molar-refractivity contribution in [2.75, 3.05) is 6.54 Å². The van der Waals surface area contributed by atoms with Gasteiger partial charge in [-0.1, -0.05) is 24.3 Å². The van der Waals surface area contributed by atoms with E-state index in [1.807, 2.05) is 30.3 Å². The summed E-state index contributed by atoms with van der Waals surface area (Å²) in [7, 11) is 0. The van der Waals surface area contributed by atoms with Gasteiger partial charge in [-0.05, 0) is 38.4 Å². The number of aryl methyl sites for hydroxylation is 2. The number of hydrogen-bond donors (Lipinski definition) is 1. The highest BCUT2D eigenvalue weighted by Crippen LogP contribution is 2.29. The van der Waals surface area contributed by atoms with Crippen molar-refractivity contribution in [3.63, 3.8) is 0 Å². The van der Waals surface area contributed by atoms with E-state index >= 15 is 0 Å². The summed E-state index contributed by atoms with van der Waals surface area (Å²) in [5.41, 5.74) is 9.05. The highest BCUT2D eigenvalue weighted by molar-refractivity contribution is 5.81. The maximum Gasteiger partial charge on any atom is 0.273 e. The lowest BCUT2D eigenvalue weighted by Crippen LogP contribution is -2.05. The minimum absolute atomic E-state index is 0.119. The van der Waals surface area contributed by atoms with Crippen LogP contribution in [-0.2, 0) is 6.54 Å². The van der Waals surface area contributed by atoms with Crippen molar-refractivity contribution in [3.8, 4) is 11.4 Å². The number of nitrogens with zero attached hydrogens (tertiary/aromatic N) is 3. The monoisotopic (exact) mass is 324 g/mol. The predicted molar refractivity (Wildman–Crippen MR) is 94.8 cm³/mol. The van der Waals surface area contributed by atoms with Crippen LogP contribution in [0.3, 0.4) is 0 Å². The lowest BCUT2D eigenvalue weighted by Gasteiger charge is -2.09. The van der Waals surface area contributed by atoms with E-state index in [-0.39, 0.29) is 10.6 Å². The molecule has 0 fully saturated rings. The van der Waals surface area contributed by atoms with Crippen LogP contribution in [0, 0.1) is 17.0 Å². The molecule has 24 heavy (non-hydrogen) atoms. The van der Waals surface area contributed by atoms with Crippen LogP contribution in [0.25, 0.3) is 22.4 Å². The molecule has 3 aromatic rings. The van der Waals surface area contributed by atoms with Gasteiger partial charge >= 0.3 is 0 Å². The fourth-order valence-electron chi connectivity index (χ4n) is 2.88. The molecule has 2 N–H and O–H groups in total. The van der Waals surface area contributed by atoms with Crippen LogP contribution in [0.2, 0.25) is 0 Å². The Labute approximate surface area is 140 Å². The maximum absolute atomic E-state index is 11.2. The van der Waals surface area contributed by atoms with Crippen molar-refractivity contribution in [3.05, 3.63) is 58.1 Å². The summed E-state index contributed by atoms with van der Waals surface area (Å²) in [6.45, 7) is 3.18.